The van der Waals surface area contributed by atoms with Gasteiger partial charge in [0.05, 0.1) is 19.5 Å². The van der Waals surface area contributed by atoms with E-state index in [1.54, 1.807) is 0 Å². The van der Waals surface area contributed by atoms with E-state index >= 15 is 0 Å². The van der Waals surface area contributed by atoms with Gasteiger partial charge in [-0.2, -0.15) is 4.31 Å². The number of hydrogen-bond acceptors (Lipinski definition) is 5. The molecule has 0 saturated carbocycles. The Labute approximate surface area is 149 Å². The minimum atomic E-state index is -3.09. The maximum absolute atomic E-state index is 12.4. The molecule has 0 unspecified atom stereocenters. The molecule has 7 nitrogen and oxygen atoms in total. The molecule has 1 aromatic carbocycles. The van der Waals surface area contributed by atoms with Crippen LogP contribution in [0.25, 0.3) is 0 Å². The van der Waals surface area contributed by atoms with Gasteiger partial charge in [-0.15, -0.1) is 0 Å². The molecular weight excluding hydrogens is 342 g/mol. The topological polar surface area (TPSA) is 70.2 Å². The van der Waals surface area contributed by atoms with E-state index in [9.17, 15) is 13.2 Å². The van der Waals surface area contributed by atoms with Crippen LogP contribution in [0.15, 0.2) is 24.3 Å². The lowest BCUT2D eigenvalue weighted by Gasteiger charge is -2.33. The first-order chi connectivity index (χ1) is 11.9. The number of hydrogen-bond donors (Lipinski definition) is 0. The lowest BCUT2D eigenvalue weighted by Crippen LogP contribution is -2.47. The Bertz CT molecular complexity index is 691. The highest BCUT2D eigenvalue weighted by Gasteiger charge is 2.23. The molecule has 0 aliphatic carbocycles. The predicted octanol–water partition coefficient (Wildman–Crippen LogP) is 0.236. The summed E-state index contributed by atoms with van der Waals surface area (Å²) < 4.78 is 29.9. The molecule has 0 aromatic heterocycles. The molecule has 0 radical (unpaired) electrons. The zero-order chi connectivity index (χ0) is 17.9. The summed E-state index contributed by atoms with van der Waals surface area (Å²) >= 11 is 0. The highest BCUT2D eigenvalue weighted by molar-refractivity contribution is 7.88. The van der Waals surface area contributed by atoms with Gasteiger partial charge < -0.3 is 9.64 Å². The molecule has 8 heteroatoms. The number of rotatable bonds is 4. The van der Waals surface area contributed by atoms with Crippen molar-refractivity contribution in [1.29, 1.82) is 0 Å². The lowest BCUT2D eigenvalue weighted by molar-refractivity contribution is 0.0303. The fourth-order valence-electron chi connectivity index (χ4n) is 3.18. The number of sulfonamides is 1. The second kappa shape index (κ2) is 7.82. The molecule has 1 aromatic rings. The number of amides is 1. The molecule has 2 aliphatic rings. The largest absolute Gasteiger partial charge is 0.378 e. The van der Waals surface area contributed by atoms with E-state index in [0.29, 0.717) is 45.0 Å². The third-order valence-electron chi connectivity index (χ3n) is 4.71. The number of piperazine rings is 1. The molecule has 3 rings (SSSR count). The molecule has 2 heterocycles. The Morgan fingerprint density at radius 3 is 2.16 bits per heavy atom. The van der Waals surface area contributed by atoms with Crippen molar-refractivity contribution < 1.29 is 17.9 Å². The van der Waals surface area contributed by atoms with Crippen LogP contribution >= 0.6 is 0 Å². The van der Waals surface area contributed by atoms with Gasteiger partial charge in [0.15, 0.2) is 0 Å². The molecule has 25 heavy (non-hydrogen) atoms. The zero-order valence-corrected chi connectivity index (χ0v) is 15.4. The van der Waals surface area contributed by atoms with Gasteiger partial charge >= 0.3 is 0 Å². The summed E-state index contributed by atoms with van der Waals surface area (Å²) in [5, 5.41) is 0. The first-order valence-corrected chi connectivity index (χ1v) is 10.4. The van der Waals surface area contributed by atoms with Crippen molar-refractivity contribution in [1.82, 2.24) is 14.1 Å². The van der Waals surface area contributed by atoms with Gasteiger partial charge in [0, 0.05) is 51.4 Å². The maximum atomic E-state index is 12.4. The molecule has 0 N–H and O–H groups in total. The Kier molecular flexibility index (Phi) is 5.73. The number of nitrogens with zero attached hydrogens (tertiary/aromatic N) is 3. The first kappa shape index (κ1) is 18.3. The van der Waals surface area contributed by atoms with E-state index in [1.165, 1.54) is 10.6 Å². The summed E-state index contributed by atoms with van der Waals surface area (Å²) in [4.78, 5) is 16.5. The SMILES string of the molecule is CS(=O)(=O)N1CCN(Cc2ccc(C(=O)N3CCOCC3)cc2)CC1. The lowest BCUT2D eigenvalue weighted by atomic mass is 10.1. The molecule has 1 amide bonds. The molecule has 0 bridgehead atoms. The predicted molar refractivity (Wildman–Crippen MR) is 94.9 cm³/mol. The molecule has 2 saturated heterocycles. The Balaban J connectivity index is 1.54. The highest BCUT2D eigenvalue weighted by Crippen LogP contribution is 2.13. The quantitative estimate of drug-likeness (QED) is 0.762. The van der Waals surface area contributed by atoms with Crippen LogP contribution in [0, 0.1) is 0 Å². The Hall–Kier alpha value is -1.48. The summed E-state index contributed by atoms with van der Waals surface area (Å²) in [5.41, 5.74) is 1.83. The van der Waals surface area contributed by atoms with Gasteiger partial charge in [-0.3, -0.25) is 9.69 Å². The third kappa shape index (κ3) is 4.78. The van der Waals surface area contributed by atoms with Gasteiger partial charge in [0.25, 0.3) is 5.91 Å². The smallest absolute Gasteiger partial charge is 0.254 e. The van der Waals surface area contributed by atoms with E-state index in [0.717, 1.165) is 25.2 Å². The minimum Gasteiger partial charge on any atom is -0.378 e. The summed E-state index contributed by atoms with van der Waals surface area (Å²) in [6.45, 7) is 5.77. The fourth-order valence-corrected chi connectivity index (χ4v) is 4.01. The van der Waals surface area contributed by atoms with Crippen molar-refractivity contribution >= 4 is 15.9 Å². The van der Waals surface area contributed by atoms with Crippen LogP contribution in [0.5, 0.6) is 0 Å². The molecule has 2 fully saturated rings. The molecule has 138 valence electrons. The number of carbonyl (C=O) groups is 1. The first-order valence-electron chi connectivity index (χ1n) is 8.57. The molecule has 2 aliphatic heterocycles. The van der Waals surface area contributed by atoms with E-state index in [-0.39, 0.29) is 5.91 Å². The Morgan fingerprint density at radius 2 is 1.60 bits per heavy atom. The standard InChI is InChI=1S/C17H25N3O4S/c1-25(22,23)20-8-6-18(7-9-20)14-15-2-4-16(5-3-15)17(21)19-10-12-24-13-11-19/h2-5H,6-14H2,1H3. The van der Waals surface area contributed by atoms with Crippen LogP contribution < -0.4 is 0 Å². The van der Waals surface area contributed by atoms with Gasteiger partial charge in [-0.25, -0.2) is 8.42 Å². The summed E-state index contributed by atoms with van der Waals surface area (Å²) in [5.74, 6) is 0.0524. The van der Waals surface area contributed by atoms with Gasteiger partial charge in [-0.05, 0) is 17.7 Å². The highest BCUT2D eigenvalue weighted by atomic mass is 32.2. The van der Waals surface area contributed by atoms with E-state index < -0.39 is 10.0 Å². The second-order valence-electron chi connectivity index (χ2n) is 6.54. The zero-order valence-electron chi connectivity index (χ0n) is 14.6. The number of morpholine rings is 1. The van der Waals surface area contributed by atoms with Crippen molar-refractivity contribution in [2.45, 2.75) is 6.54 Å². The summed E-state index contributed by atoms with van der Waals surface area (Å²) in [7, 11) is -3.09. The van der Waals surface area contributed by atoms with E-state index in [2.05, 4.69) is 4.90 Å². The summed E-state index contributed by atoms with van der Waals surface area (Å²) in [6.07, 6.45) is 1.26. The Morgan fingerprint density at radius 1 is 1.00 bits per heavy atom. The van der Waals surface area contributed by atoms with Crippen molar-refractivity contribution in [2.75, 3.05) is 58.7 Å². The van der Waals surface area contributed by atoms with Crippen molar-refractivity contribution in [2.24, 2.45) is 0 Å². The van der Waals surface area contributed by atoms with Crippen LogP contribution in [0.4, 0.5) is 0 Å². The summed E-state index contributed by atoms with van der Waals surface area (Å²) in [6, 6.07) is 7.72. The number of benzene rings is 1. The minimum absolute atomic E-state index is 0.0524. The molecule has 0 atom stereocenters. The average molecular weight is 367 g/mol. The third-order valence-corrected chi connectivity index (χ3v) is 6.01. The van der Waals surface area contributed by atoms with Crippen molar-refractivity contribution in [3.8, 4) is 0 Å². The van der Waals surface area contributed by atoms with Crippen LogP contribution in [0.3, 0.4) is 0 Å². The van der Waals surface area contributed by atoms with Crippen molar-refractivity contribution in [3.63, 3.8) is 0 Å². The van der Waals surface area contributed by atoms with Crippen LogP contribution in [0.2, 0.25) is 0 Å². The van der Waals surface area contributed by atoms with Crippen LogP contribution in [-0.4, -0.2) is 87.2 Å². The number of ether oxygens (including phenoxy) is 1. The van der Waals surface area contributed by atoms with Gasteiger partial charge in [0.2, 0.25) is 10.0 Å². The van der Waals surface area contributed by atoms with E-state index in [1.807, 2.05) is 29.2 Å². The van der Waals surface area contributed by atoms with Crippen LogP contribution in [0.1, 0.15) is 15.9 Å². The van der Waals surface area contributed by atoms with Gasteiger partial charge in [-0.1, -0.05) is 12.1 Å². The van der Waals surface area contributed by atoms with Gasteiger partial charge in [0.1, 0.15) is 0 Å². The van der Waals surface area contributed by atoms with E-state index in [4.69, 9.17) is 4.74 Å². The maximum Gasteiger partial charge on any atom is 0.254 e. The van der Waals surface area contributed by atoms with Crippen LogP contribution in [-0.2, 0) is 21.3 Å². The normalized spacial score (nSPS) is 20.6. The fraction of sp³-hybridized carbons (Fsp3) is 0.588. The number of carbonyl (C=O) groups excluding carboxylic acids is 1. The molecular formula is C17H25N3O4S. The van der Waals surface area contributed by atoms with Crippen molar-refractivity contribution in [3.05, 3.63) is 35.4 Å². The monoisotopic (exact) mass is 367 g/mol. The second-order valence-corrected chi connectivity index (χ2v) is 8.52. The molecule has 0 spiro atoms. The average Bonchev–Trinajstić information content (AvgIpc) is 2.62.